The number of Topliss-reactive ketones (excluding diaryl/α,β-unsaturated/α-hetero) is 1. The van der Waals surface area contributed by atoms with Crippen LogP contribution in [0.4, 0.5) is 0 Å². The van der Waals surface area contributed by atoms with Gasteiger partial charge in [0.2, 0.25) is 0 Å². The smallest absolute Gasteiger partial charge is 0.192 e. The lowest BCUT2D eigenvalue weighted by atomic mass is 9.99. The largest absolute Gasteiger partial charge is 0.497 e. The van der Waals surface area contributed by atoms with Gasteiger partial charge in [0, 0.05) is 18.1 Å². The van der Waals surface area contributed by atoms with E-state index >= 15 is 0 Å². The van der Waals surface area contributed by atoms with Crippen molar-refractivity contribution in [3.63, 3.8) is 0 Å². The van der Waals surface area contributed by atoms with Crippen LogP contribution < -0.4 is 14.2 Å². The Kier molecular flexibility index (Phi) is 5.23. The zero-order valence-electron chi connectivity index (χ0n) is 14.7. The van der Waals surface area contributed by atoms with E-state index in [9.17, 15) is 4.79 Å². The molecule has 1 heterocycles. The van der Waals surface area contributed by atoms with E-state index in [-0.39, 0.29) is 5.78 Å². The molecule has 0 radical (unpaired) electrons. The summed E-state index contributed by atoms with van der Waals surface area (Å²) in [6, 6.07) is 14.5. The highest BCUT2D eigenvalue weighted by Crippen LogP contribution is 2.31. The molecular weight excluding hydrogens is 330 g/mol. The lowest BCUT2D eigenvalue weighted by Crippen LogP contribution is -2.07. The number of methoxy groups -OCH3 is 1. The van der Waals surface area contributed by atoms with Crippen molar-refractivity contribution in [3.8, 4) is 23.3 Å². The van der Waals surface area contributed by atoms with Crippen molar-refractivity contribution < 1.29 is 19.0 Å². The number of ether oxygens (including phenoxy) is 3. The molecule has 3 rings (SSSR count). The average Bonchev–Trinajstić information content (AvgIpc) is 2.82. The molecule has 132 valence electrons. The number of fused-ring (bicyclic) bond motifs is 1. The van der Waals surface area contributed by atoms with Crippen LogP contribution in [0.1, 0.15) is 29.3 Å². The number of carbonyl (C=O) groups is 1. The second-order valence-corrected chi connectivity index (χ2v) is 5.92. The van der Waals surface area contributed by atoms with E-state index in [1.807, 2.05) is 24.3 Å². The maximum Gasteiger partial charge on any atom is 0.192 e. The molecule has 0 saturated carbocycles. The molecule has 0 saturated heterocycles. The fourth-order valence-corrected chi connectivity index (χ4v) is 2.71. The van der Waals surface area contributed by atoms with E-state index in [1.54, 1.807) is 44.4 Å². The Morgan fingerprint density at radius 1 is 1.19 bits per heavy atom. The van der Waals surface area contributed by atoms with Crippen LogP contribution in [0.15, 0.2) is 48.0 Å². The van der Waals surface area contributed by atoms with Crippen molar-refractivity contribution in [1.82, 2.24) is 0 Å². The molecule has 26 heavy (non-hydrogen) atoms. The molecule has 0 aliphatic carbocycles. The topological polar surface area (TPSA) is 68.6 Å². The standard InChI is InChI=1S/C21H19NO4/c1-14(13-22)26-17-5-3-15(4-6-17)11-16-9-10-25-20-12-18(24-2)7-8-19(20)21(16)23/h3-8,11-12,14H,9-10H2,1-2H3. The summed E-state index contributed by atoms with van der Waals surface area (Å²) in [5.74, 6) is 1.78. The van der Waals surface area contributed by atoms with Gasteiger partial charge >= 0.3 is 0 Å². The molecule has 5 nitrogen and oxygen atoms in total. The van der Waals surface area contributed by atoms with Gasteiger partial charge in [-0.1, -0.05) is 12.1 Å². The first-order valence-electron chi connectivity index (χ1n) is 8.33. The average molecular weight is 349 g/mol. The Morgan fingerprint density at radius 2 is 1.92 bits per heavy atom. The van der Waals surface area contributed by atoms with Crippen LogP contribution in [0.2, 0.25) is 0 Å². The van der Waals surface area contributed by atoms with E-state index in [0.29, 0.717) is 41.4 Å². The molecule has 0 N–H and O–H groups in total. The highest BCUT2D eigenvalue weighted by atomic mass is 16.5. The van der Waals surface area contributed by atoms with Crippen molar-refractivity contribution >= 4 is 11.9 Å². The van der Waals surface area contributed by atoms with Crippen molar-refractivity contribution in [2.75, 3.05) is 13.7 Å². The molecule has 0 spiro atoms. The zero-order valence-corrected chi connectivity index (χ0v) is 14.7. The van der Waals surface area contributed by atoms with E-state index in [1.165, 1.54) is 0 Å². The Labute approximate surface area is 152 Å². The summed E-state index contributed by atoms with van der Waals surface area (Å²) in [5, 5.41) is 8.79. The number of benzene rings is 2. The number of carbonyl (C=O) groups excluding carboxylic acids is 1. The van der Waals surface area contributed by atoms with Gasteiger partial charge in [-0.25, -0.2) is 0 Å². The van der Waals surface area contributed by atoms with Crippen LogP contribution in [-0.2, 0) is 0 Å². The minimum atomic E-state index is -0.506. The molecule has 1 aliphatic rings. The van der Waals surface area contributed by atoms with Crippen LogP contribution in [-0.4, -0.2) is 25.6 Å². The fraction of sp³-hybridized carbons (Fsp3) is 0.238. The highest BCUT2D eigenvalue weighted by molar-refractivity contribution is 6.13. The first-order valence-corrected chi connectivity index (χ1v) is 8.33. The maximum atomic E-state index is 12.8. The summed E-state index contributed by atoms with van der Waals surface area (Å²) in [7, 11) is 1.58. The minimum absolute atomic E-state index is 0.0430. The van der Waals surface area contributed by atoms with Gasteiger partial charge in [-0.2, -0.15) is 5.26 Å². The summed E-state index contributed by atoms with van der Waals surface area (Å²) in [6.45, 7) is 2.12. The van der Waals surface area contributed by atoms with Gasteiger partial charge in [-0.15, -0.1) is 0 Å². The molecular formula is C21H19NO4. The lowest BCUT2D eigenvalue weighted by molar-refractivity contribution is 0.103. The van der Waals surface area contributed by atoms with Gasteiger partial charge in [0.05, 0.1) is 19.3 Å². The monoisotopic (exact) mass is 349 g/mol. The fourth-order valence-electron chi connectivity index (χ4n) is 2.71. The summed E-state index contributed by atoms with van der Waals surface area (Å²) in [4.78, 5) is 12.8. The predicted octanol–water partition coefficient (Wildman–Crippen LogP) is 4.03. The zero-order chi connectivity index (χ0) is 18.5. The normalized spacial score (nSPS) is 16.0. The molecule has 2 aromatic carbocycles. The maximum absolute atomic E-state index is 12.8. The van der Waals surface area contributed by atoms with Crippen LogP contribution >= 0.6 is 0 Å². The third-order valence-corrected chi connectivity index (χ3v) is 4.07. The molecule has 1 aliphatic heterocycles. The predicted molar refractivity (Wildman–Crippen MR) is 97.6 cm³/mol. The van der Waals surface area contributed by atoms with Gasteiger partial charge in [-0.05, 0) is 42.8 Å². The highest BCUT2D eigenvalue weighted by Gasteiger charge is 2.21. The molecule has 0 bridgehead atoms. The Hall–Kier alpha value is -3.26. The number of rotatable bonds is 4. The third-order valence-electron chi connectivity index (χ3n) is 4.07. The lowest BCUT2D eigenvalue weighted by Gasteiger charge is -2.08. The second kappa shape index (κ2) is 7.75. The molecule has 0 amide bonds. The van der Waals surface area contributed by atoms with E-state index in [2.05, 4.69) is 0 Å². The summed E-state index contributed by atoms with van der Waals surface area (Å²) < 4.78 is 16.3. The number of ketones is 1. The van der Waals surface area contributed by atoms with Crippen LogP contribution in [0.3, 0.4) is 0 Å². The molecule has 0 aromatic heterocycles. The minimum Gasteiger partial charge on any atom is -0.497 e. The van der Waals surface area contributed by atoms with Crippen molar-refractivity contribution in [2.24, 2.45) is 0 Å². The quantitative estimate of drug-likeness (QED) is 0.780. The van der Waals surface area contributed by atoms with Gasteiger partial charge in [-0.3, -0.25) is 4.79 Å². The first kappa shape index (κ1) is 17.6. The number of hydrogen-bond donors (Lipinski definition) is 0. The number of hydrogen-bond acceptors (Lipinski definition) is 5. The summed E-state index contributed by atoms with van der Waals surface area (Å²) in [6.07, 6.45) is 1.88. The van der Waals surface area contributed by atoms with Crippen LogP contribution in [0.5, 0.6) is 17.2 Å². The van der Waals surface area contributed by atoms with Crippen LogP contribution in [0.25, 0.3) is 6.08 Å². The summed E-state index contributed by atoms with van der Waals surface area (Å²) in [5.41, 5.74) is 2.12. The van der Waals surface area contributed by atoms with Crippen molar-refractivity contribution in [2.45, 2.75) is 19.4 Å². The Balaban J connectivity index is 1.84. The third kappa shape index (κ3) is 3.86. The van der Waals surface area contributed by atoms with Crippen molar-refractivity contribution in [1.29, 1.82) is 5.26 Å². The van der Waals surface area contributed by atoms with E-state index in [0.717, 1.165) is 5.56 Å². The molecule has 1 unspecified atom stereocenters. The van der Waals surface area contributed by atoms with E-state index < -0.39 is 6.10 Å². The number of nitriles is 1. The molecule has 5 heteroatoms. The first-order chi connectivity index (χ1) is 12.6. The molecule has 2 aromatic rings. The number of nitrogens with zero attached hydrogens (tertiary/aromatic N) is 1. The van der Waals surface area contributed by atoms with Gasteiger partial charge in [0.25, 0.3) is 0 Å². The van der Waals surface area contributed by atoms with Gasteiger partial charge < -0.3 is 14.2 Å². The van der Waals surface area contributed by atoms with Gasteiger partial charge in [0.15, 0.2) is 11.9 Å². The molecule has 0 fully saturated rings. The second-order valence-electron chi connectivity index (χ2n) is 5.92. The summed E-state index contributed by atoms with van der Waals surface area (Å²) >= 11 is 0. The SMILES string of the molecule is COc1ccc2c(c1)OCCC(=Cc1ccc(OC(C)C#N)cc1)C2=O. The molecule has 1 atom stereocenters. The van der Waals surface area contributed by atoms with Crippen molar-refractivity contribution in [3.05, 3.63) is 59.2 Å². The Bertz CT molecular complexity index is 878. The van der Waals surface area contributed by atoms with E-state index in [4.69, 9.17) is 19.5 Å². The van der Waals surface area contributed by atoms with Crippen LogP contribution in [0, 0.1) is 11.3 Å². The Morgan fingerprint density at radius 3 is 2.62 bits per heavy atom. The van der Waals surface area contributed by atoms with Gasteiger partial charge in [0.1, 0.15) is 23.3 Å².